The quantitative estimate of drug-likeness (QED) is 0.329. The second-order valence-electron chi connectivity index (χ2n) is 5.98. The zero-order valence-electron chi connectivity index (χ0n) is 15.3. The van der Waals surface area contributed by atoms with Crippen LogP contribution in [0.2, 0.25) is 21.1 Å². The van der Waals surface area contributed by atoms with E-state index in [1.807, 2.05) is 24.3 Å². The van der Waals surface area contributed by atoms with Crippen LogP contribution in [-0.4, -0.2) is 29.9 Å². The van der Waals surface area contributed by atoms with E-state index in [2.05, 4.69) is 29.9 Å². The van der Waals surface area contributed by atoms with Gasteiger partial charge < -0.3 is 9.47 Å². The van der Waals surface area contributed by atoms with Gasteiger partial charge in [0, 0.05) is 0 Å². The molecule has 0 fully saturated rings. The molecule has 156 valence electrons. The molecule has 0 saturated carbocycles. The highest BCUT2D eigenvalue weighted by atomic mass is 35.5. The Hall–Kier alpha value is -2.78. The molecule has 0 bridgehead atoms. The standard InChI is InChI=1S/C19H10Cl4N6O2/c20-14-24-15(21)27-18(26-14)30-12-5-1-10(2-6-12)9-11-3-7-13(8-4-11)31-19-28-16(22)25-17(23)29-19/h1-8H,9H2. The lowest BCUT2D eigenvalue weighted by Crippen LogP contribution is -1.96. The summed E-state index contributed by atoms with van der Waals surface area (Å²) in [7, 11) is 0. The molecule has 12 heteroatoms. The Morgan fingerprint density at radius 3 is 1.13 bits per heavy atom. The van der Waals surface area contributed by atoms with Gasteiger partial charge in [0.05, 0.1) is 0 Å². The smallest absolute Gasteiger partial charge is 0.327 e. The lowest BCUT2D eigenvalue weighted by Gasteiger charge is -2.07. The molecule has 31 heavy (non-hydrogen) atoms. The van der Waals surface area contributed by atoms with E-state index in [1.54, 1.807) is 24.3 Å². The van der Waals surface area contributed by atoms with Crippen molar-refractivity contribution in [3.63, 3.8) is 0 Å². The Morgan fingerprint density at radius 1 is 0.484 bits per heavy atom. The van der Waals surface area contributed by atoms with E-state index < -0.39 is 0 Å². The highest BCUT2D eigenvalue weighted by Gasteiger charge is 2.08. The summed E-state index contributed by atoms with van der Waals surface area (Å²) in [5, 5.41) is -0.164. The number of ether oxygens (including phenoxy) is 2. The average molecular weight is 496 g/mol. The number of nitrogens with zero attached hydrogens (tertiary/aromatic N) is 6. The molecular formula is C19H10Cl4N6O2. The van der Waals surface area contributed by atoms with Crippen LogP contribution in [0.15, 0.2) is 48.5 Å². The number of aromatic nitrogens is 6. The first kappa shape index (κ1) is 21.5. The fourth-order valence-corrected chi connectivity index (χ4v) is 3.20. The zero-order valence-corrected chi connectivity index (χ0v) is 18.4. The molecule has 2 heterocycles. The molecule has 0 radical (unpaired) electrons. The monoisotopic (exact) mass is 494 g/mol. The van der Waals surface area contributed by atoms with Crippen molar-refractivity contribution in [2.24, 2.45) is 0 Å². The Morgan fingerprint density at radius 2 is 0.806 bits per heavy atom. The van der Waals surface area contributed by atoms with Crippen molar-refractivity contribution in [1.29, 1.82) is 0 Å². The summed E-state index contributed by atoms with van der Waals surface area (Å²) >= 11 is 23.0. The van der Waals surface area contributed by atoms with E-state index in [0.717, 1.165) is 11.1 Å². The zero-order chi connectivity index (χ0) is 21.8. The van der Waals surface area contributed by atoms with E-state index in [0.29, 0.717) is 17.9 Å². The summed E-state index contributed by atoms with van der Waals surface area (Å²) in [4.78, 5) is 22.8. The van der Waals surface area contributed by atoms with Crippen LogP contribution in [0.25, 0.3) is 0 Å². The Kier molecular flexibility index (Phi) is 6.62. The minimum absolute atomic E-state index is 0.0223. The molecule has 0 aliphatic carbocycles. The molecule has 2 aromatic heterocycles. The van der Waals surface area contributed by atoms with Gasteiger partial charge in [0.2, 0.25) is 21.1 Å². The van der Waals surface area contributed by atoms with Gasteiger partial charge in [-0.3, -0.25) is 0 Å². The van der Waals surface area contributed by atoms with Crippen molar-refractivity contribution in [2.45, 2.75) is 6.42 Å². The predicted molar refractivity (Wildman–Crippen MR) is 116 cm³/mol. The van der Waals surface area contributed by atoms with Gasteiger partial charge in [0.15, 0.2) is 0 Å². The molecule has 0 aliphatic rings. The molecule has 0 spiro atoms. The fourth-order valence-electron chi connectivity index (χ4n) is 2.51. The lowest BCUT2D eigenvalue weighted by molar-refractivity contribution is 0.439. The van der Waals surface area contributed by atoms with E-state index in [1.165, 1.54) is 0 Å². The highest BCUT2D eigenvalue weighted by Crippen LogP contribution is 2.23. The number of rotatable bonds is 6. The summed E-state index contributed by atoms with van der Waals surface area (Å²) in [6, 6.07) is 15.0. The first-order valence-corrected chi connectivity index (χ1v) is 10.1. The molecule has 0 aliphatic heterocycles. The van der Waals surface area contributed by atoms with Crippen LogP contribution in [0.3, 0.4) is 0 Å². The van der Waals surface area contributed by atoms with Crippen molar-refractivity contribution < 1.29 is 9.47 Å². The third kappa shape index (κ3) is 6.11. The summed E-state index contributed by atoms with van der Waals surface area (Å²) in [5.74, 6) is 1.08. The maximum Gasteiger partial charge on any atom is 0.327 e. The summed E-state index contributed by atoms with van der Waals surface area (Å²) in [6.07, 6.45) is 0.702. The molecule has 2 aromatic carbocycles. The highest BCUT2D eigenvalue weighted by molar-refractivity contribution is 6.31. The normalized spacial score (nSPS) is 10.7. The summed E-state index contributed by atoms with van der Waals surface area (Å²) in [5.41, 5.74) is 2.15. The van der Waals surface area contributed by atoms with Gasteiger partial charge in [0.25, 0.3) is 0 Å². The molecule has 8 nitrogen and oxygen atoms in total. The van der Waals surface area contributed by atoms with Crippen LogP contribution in [0, 0.1) is 0 Å². The summed E-state index contributed by atoms with van der Waals surface area (Å²) in [6.45, 7) is 0. The van der Waals surface area contributed by atoms with Gasteiger partial charge in [0.1, 0.15) is 11.5 Å². The third-order valence-electron chi connectivity index (χ3n) is 3.79. The third-order valence-corrected chi connectivity index (χ3v) is 4.47. The lowest BCUT2D eigenvalue weighted by atomic mass is 10.0. The van der Waals surface area contributed by atoms with Crippen molar-refractivity contribution in [1.82, 2.24) is 29.9 Å². The maximum absolute atomic E-state index is 5.75. The molecule has 4 rings (SSSR count). The van der Waals surface area contributed by atoms with Gasteiger partial charge in [-0.2, -0.15) is 29.9 Å². The molecular weight excluding hydrogens is 486 g/mol. The Bertz CT molecular complexity index is 1070. The fraction of sp³-hybridized carbons (Fsp3) is 0.0526. The van der Waals surface area contributed by atoms with E-state index >= 15 is 0 Å². The molecule has 0 N–H and O–H groups in total. The van der Waals surface area contributed by atoms with Crippen molar-refractivity contribution in [3.8, 4) is 23.5 Å². The SMILES string of the molecule is Clc1nc(Cl)nc(Oc2ccc(Cc3ccc(Oc4nc(Cl)nc(Cl)n4)cc3)cc2)n1. The number of halogens is 4. The molecule has 0 atom stereocenters. The molecule has 0 unspecified atom stereocenters. The number of benzene rings is 2. The van der Waals surface area contributed by atoms with Crippen molar-refractivity contribution in [3.05, 3.63) is 80.8 Å². The van der Waals surface area contributed by atoms with Crippen LogP contribution < -0.4 is 9.47 Å². The minimum atomic E-state index is -0.0410. The molecule has 0 saturated heterocycles. The largest absolute Gasteiger partial charge is 0.424 e. The Balaban J connectivity index is 1.38. The van der Waals surface area contributed by atoms with Crippen LogP contribution in [0.4, 0.5) is 0 Å². The van der Waals surface area contributed by atoms with Gasteiger partial charge in [-0.25, -0.2) is 0 Å². The van der Waals surface area contributed by atoms with Crippen LogP contribution in [0.1, 0.15) is 11.1 Å². The van der Waals surface area contributed by atoms with E-state index in [4.69, 9.17) is 55.9 Å². The maximum atomic E-state index is 5.75. The van der Waals surface area contributed by atoms with Gasteiger partial charge in [-0.05, 0) is 88.2 Å². The summed E-state index contributed by atoms with van der Waals surface area (Å²) < 4.78 is 11.1. The van der Waals surface area contributed by atoms with Crippen LogP contribution in [-0.2, 0) is 6.42 Å². The average Bonchev–Trinajstić information content (AvgIpc) is 2.69. The van der Waals surface area contributed by atoms with Gasteiger partial charge >= 0.3 is 12.0 Å². The minimum Gasteiger partial charge on any atom is -0.424 e. The first-order valence-electron chi connectivity index (χ1n) is 8.61. The first-order chi connectivity index (χ1) is 14.9. The second-order valence-corrected chi connectivity index (χ2v) is 7.33. The Labute approximate surface area is 196 Å². The second kappa shape index (κ2) is 9.57. The molecule has 4 aromatic rings. The van der Waals surface area contributed by atoms with Crippen LogP contribution >= 0.6 is 46.4 Å². The topological polar surface area (TPSA) is 95.8 Å². The van der Waals surface area contributed by atoms with Crippen LogP contribution in [0.5, 0.6) is 23.5 Å². The molecule has 0 amide bonds. The van der Waals surface area contributed by atoms with Gasteiger partial charge in [-0.15, -0.1) is 0 Å². The van der Waals surface area contributed by atoms with Crippen molar-refractivity contribution >= 4 is 46.4 Å². The van der Waals surface area contributed by atoms with Crippen molar-refractivity contribution in [2.75, 3.05) is 0 Å². The van der Waals surface area contributed by atoms with Gasteiger partial charge in [-0.1, -0.05) is 24.3 Å². The van der Waals surface area contributed by atoms with E-state index in [-0.39, 0.29) is 33.2 Å². The number of hydrogen-bond donors (Lipinski definition) is 0. The predicted octanol–water partition coefficient (Wildman–Crippen LogP) is 5.85. The van der Waals surface area contributed by atoms with E-state index in [9.17, 15) is 0 Å². The number of hydrogen-bond acceptors (Lipinski definition) is 8.